The van der Waals surface area contributed by atoms with Gasteiger partial charge in [0.15, 0.2) is 0 Å². The highest BCUT2D eigenvalue weighted by Crippen LogP contribution is 2.25. The van der Waals surface area contributed by atoms with E-state index in [1.807, 2.05) is 47.4 Å². The van der Waals surface area contributed by atoms with Gasteiger partial charge in [-0.1, -0.05) is 48.5 Å². The van der Waals surface area contributed by atoms with Crippen LogP contribution in [0.25, 0.3) is 16.8 Å². The van der Waals surface area contributed by atoms with Crippen LogP contribution < -0.4 is 4.74 Å². The number of nitrogens with one attached hydrogen (secondary N) is 1. The number of aromatic amines is 1. The summed E-state index contributed by atoms with van der Waals surface area (Å²) in [5.74, 6) is 0.734. The molecule has 1 aromatic heterocycles. The lowest BCUT2D eigenvalue weighted by Crippen LogP contribution is -2.34. The quantitative estimate of drug-likeness (QED) is 0.765. The molecule has 0 atom stereocenters. The maximum absolute atomic E-state index is 12.8. The summed E-state index contributed by atoms with van der Waals surface area (Å²) < 4.78 is 5.25. The van der Waals surface area contributed by atoms with Crippen molar-refractivity contribution in [3.05, 3.63) is 78.0 Å². The van der Waals surface area contributed by atoms with Gasteiger partial charge >= 0.3 is 0 Å². The summed E-state index contributed by atoms with van der Waals surface area (Å²) in [7, 11) is 1.63. The molecule has 2 aromatic carbocycles. The molecule has 0 radical (unpaired) electrons. The number of rotatable bonds is 4. The third kappa shape index (κ3) is 3.62. The molecule has 1 N–H and O–H groups in total. The fourth-order valence-electron chi connectivity index (χ4n) is 3.30. The van der Waals surface area contributed by atoms with Crippen LogP contribution in [-0.4, -0.2) is 41.2 Å². The van der Waals surface area contributed by atoms with Crippen molar-refractivity contribution < 1.29 is 9.53 Å². The van der Waals surface area contributed by atoms with Crippen LogP contribution in [0.15, 0.2) is 66.7 Å². The van der Waals surface area contributed by atoms with E-state index in [9.17, 15) is 4.79 Å². The number of carbonyl (C=O) groups excluding carboxylic acids is 1. The van der Waals surface area contributed by atoms with Crippen LogP contribution in [0.2, 0.25) is 0 Å². The van der Waals surface area contributed by atoms with Crippen molar-refractivity contribution in [2.45, 2.75) is 6.42 Å². The Hall–Kier alpha value is -3.34. The van der Waals surface area contributed by atoms with Crippen molar-refractivity contribution >= 4 is 11.5 Å². The SMILES string of the molecule is COc1cccc(-c2cc(C(=O)N3CC=C(c4ccccc4)CC3)[nH]n2)c1. The van der Waals surface area contributed by atoms with Gasteiger partial charge in [-0.3, -0.25) is 9.89 Å². The summed E-state index contributed by atoms with van der Waals surface area (Å²) in [6, 6.07) is 19.8. The summed E-state index contributed by atoms with van der Waals surface area (Å²) in [6.07, 6.45) is 2.99. The van der Waals surface area contributed by atoms with Crippen LogP contribution in [-0.2, 0) is 0 Å². The highest BCUT2D eigenvalue weighted by molar-refractivity contribution is 5.94. The van der Waals surface area contributed by atoms with Crippen LogP contribution in [0.4, 0.5) is 0 Å². The average Bonchev–Trinajstić information content (AvgIpc) is 3.24. The minimum atomic E-state index is -0.0278. The van der Waals surface area contributed by atoms with Crippen LogP contribution in [0.3, 0.4) is 0 Å². The fraction of sp³-hybridized carbons (Fsp3) is 0.182. The van der Waals surface area contributed by atoms with Gasteiger partial charge in [0.2, 0.25) is 0 Å². The van der Waals surface area contributed by atoms with Gasteiger partial charge in [-0.2, -0.15) is 5.10 Å². The van der Waals surface area contributed by atoms with E-state index in [1.54, 1.807) is 13.2 Å². The number of aromatic nitrogens is 2. The minimum absolute atomic E-state index is 0.0278. The van der Waals surface area contributed by atoms with E-state index in [4.69, 9.17) is 4.74 Å². The highest BCUT2D eigenvalue weighted by Gasteiger charge is 2.21. The number of nitrogens with zero attached hydrogens (tertiary/aromatic N) is 2. The van der Waals surface area contributed by atoms with E-state index in [0.717, 1.165) is 23.4 Å². The van der Waals surface area contributed by atoms with Crippen molar-refractivity contribution in [1.82, 2.24) is 15.1 Å². The molecule has 5 nitrogen and oxygen atoms in total. The maximum atomic E-state index is 12.8. The monoisotopic (exact) mass is 359 g/mol. The molecule has 0 spiro atoms. The lowest BCUT2D eigenvalue weighted by atomic mass is 9.99. The predicted molar refractivity (Wildman–Crippen MR) is 106 cm³/mol. The molecule has 0 saturated heterocycles. The lowest BCUT2D eigenvalue weighted by Gasteiger charge is -2.26. The third-order valence-electron chi connectivity index (χ3n) is 4.81. The van der Waals surface area contributed by atoms with Gasteiger partial charge in [0.25, 0.3) is 5.91 Å². The Bertz CT molecular complexity index is 976. The summed E-state index contributed by atoms with van der Waals surface area (Å²) >= 11 is 0. The number of hydrogen-bond donors (Lipinski definition) is 1. The van der Waals surface area contributed by atoms with Crippen LogP contribution in [0.5, 0.6) is 5.75 Å². The Morgan fingerprint density at radius 3 is 2.63 bits per heavy atom. The molecule has 2 heterocycles. The Kier molecular flexibility index (Phi) is 4.75. The second-order valence-electron chi connectivity index (χ2n) is 6.50. The molecule has 5 heteroatoms. The predicted octanol–water partition coefficient (Wildman–Crippen LogP) is 4.01. The summed E-state index contributed by atoms with van der Waals surface area (Å²) in [5, 5.41) is 7.18. The third-order valence-corrected chi connectivity index (χ3v) is 4.81. The molecule has 1 aliphatic heterocycles. The number of H-pyrrole nitrogens is 1. The van der Waals surface area contributed by atoms with E-state index in [-0.39, 0.29) is 5.91 Å². The molecule has 0 aliphatic carbocycles. The van der Waals surface area contributed by atoms with E-state index >= 15 is 0 Å². The zero-order chi connectivity index (χ0) is 18.6. The maximum Gasteiger partial charge on any atom is 0.272 e. The van der Waals surface area contributed by atoms with E-state index in [1.165, 1.54) is 11.1 Å². The first-order valence-corrected chi connectivity index (χ1v) is 8.98. The number of ether oxygens (including phenoxy) is 1. The first-order valence-electron chi connectivity index (χ1n) is 8.98. The highest BCUT2D eigenvalue weighted by atomic mass is 16.5. The van der Waals surface area contributed by atoms with E-state index < -0.39 is 0 Å². The van der Waals surface area contributed by atoms with Crippen molar-refractivity contribution in [1.29, 1.82) is 0 Å². The van der Waals surface area contributed by atoms with Crippen LogP contribution in [0, 0.1) is 0 Å². The number of hydrogen-bond acceptors (Lipinski definition) is 3. The van der Waals surface area contributed by atoms with Gasteiger partial charge in [0.05, 0.1) is 12.8 Å². The summed E-state index contributed by atoms with van der Waals surface area (Å²) in [5.41, 5.74) is 4.67. The van der Waals surface area contributed by atoms with Crippen molar-refractivity contribution in [2.24, 2.45) is 0 Å². The van der Waals surface area contributed by atoms with Gasteiger partial charge < -0.3 is 9.64 Å². The van der Waals surface area contributed by atoms with Gasteiger partial charge in [-0.25, -0.2) is 0 Å². The Labute approximate surface area is 158 Å². The molecule has 0 unspecified atom stereocenters. The van der Waals surface area contributed by atoms with Crippen LogP contribution in [0.1, 0.15) is 22.5 Å². The Morgan fingerprint density at radius 2 is 1.89 bits per heavy atom. The molecule has 0 fully saturated rings. The molecule has 1 amide bonds. The van der Waals surface area contributed by atoms with Gasteiger partial charge in [0, 0.05) is 18.7 Å². The first kappa shape index (κ1) is 17.1. The number of carbonyl (C=O) groups is 1. The Morgan fingerprint density at radius 1 is 1.07 bits per heavy atom. The topological polar surface area (TPSA) is 58.2 Å². The first-order chi connectivity index (χ1) is 13.2. The normalized spacial score (nSPS) is 14.0. The number of benzene rings is 2. The molecule has 3 aromatic rings. The second kappa shape index (κ2) is 7.50. The van der Waals surface area contributed by atoms with Crippen LogP contribution >= 0.6 is 0 Å². The summed E-state index contributed by atoms with van der Waals surface area (Å²) in [6.45, 7) is 1.31. The molecule has 27 heavy (non-hydrogen) atoms. The van der Waals surface area contributed by atoms with Crippen molar-refractivity contribution in [2.75, 3.05) is 20.2 Å². The largest absolute Gasteiger partial charge is 0.497 e. The molecule has 1 aliphatic rings. The Balaban J connectivity index is 1.48. The van der Waals surface area contributed by atoms with Crippen molar-refractivity contribution in [3.8, 4) is 17.0 Å². The molecule has 136 valence electrons. The van der Waals surface area contributed by atoms with Crippen molar-refractivity contribution in [3.63, 3.8) is 0 Å². The zero-order valence-corrected chi connectivity index (χ0v) is 15.2. The molecular weight excluding hydrogens is 338 g/mol. The second-order valence-corrected chi connectivity index (χ2v) is 6.50. The van der Waals surface area contributed by atoms with E-state index in [2.05, 4.69) is 28.4 Å². The average molecular weight is 359 g/mol. The molecule has 0 bridgehead atoms. The van der Waals surface area contributed by atoms with E-state index in [0.29, 0.717) is 18.8 Å². The molecule has 4 rings (SSSR count). The lowest BCUT2D eigenvalue weighted by molar-refractivity contribution is 0.0767. The molecule has 0 saturated carbocycles. The fourth-order valence-corrected chi connectivity index (χ4v) is 3.30. The van der Waals surface area contributed by atoms with Gasteiger partial charge in [-0.05, 0) is 35.8 Å². The molecular formula is C22H21N3O2. The minimum Gasteiger partial charge on any atom is -0.497 e. The summed E-state index contributed by atoms with van der Waals surface area (Å²) in [4.78, 5) is 14.7. The smallest absolute Gasteiger partial charge is 0.272 e. The number of amides is 1. The number of methoxy groups -OCH3 is 1. The standard InChI is InChI=1S/C22H21N3O2/c1-27-19-9-5-8-18(14-19)20-15-21(24-23-20)22(26)25-12-10-17(11-13-25)16-6-3-2-4-7-16/h2-10,14-15H,11-13H2,1H3,(H,23,24). The van der Waals surface area contributed by atoms with Gasteiger partial charge in [0.1, 0.15) is 11.4 Å². The zero-order valence-electron chi connectivity index (χ0n) is 15.2. The van der Waals surface area contributed by atoms with Gasteiger partial charge in [-0.15, -0.1) is 0 Å².